The van der Waals surface area contributed by atoms with Crippen LogP contribution in [-0.4, -0.2) is 81.6 Å². The molecule has 264 valence electrons. The van der Waals surface area contributed by atoms with Crippen molar-refractivity contribution in [2.45, 2.75) is 56.3 Å². The highest BCUT2D eigenvalue weighted by atomic mass is 35.5. The highest BCUT2D eigenvalue weighted by Crippen LogP contribution is 2.48. The summed E-state index contributed by atoms with van der Waals surface area (Å²) in [4.78, 5) is 43.5. The fraction of sp³-hybridized carbons (Fsp3) is 0.378. The number of anilines is 3. The van der Waals surface area contributed by atoms with Gasteiger partial charge in [-0.3, -0.25) is 19.5 Å². The van der Waals surface area contributed by atoms with Gasteiger partial charge in [-0.2, -0.15) is 0 Å². The molecule has 1 aliphatic carbocycles. The van der Waals surface area contributed by atoms with E-state index < -0.39 is 6.23 Å². The maximum atomic E-state index is 12.6. The van der Waals surface area contributed by atoms with Crippen LogP contribution < -0.4 is 20.3 Å². The van der Waals surface area contributed by atoms with E-state index in [0.717, 1.165) is 56.3 Å². The highest BCUT2D eigenvalue weighted by molar-refractivity contribution is 6.39. The molecule has 2 aromatic heterocycles. The second-order valence-corrected chi connectivity index (χ2v) is 14.5. The second-order valence-electron chi connectivity index (χ2n) is 13.8. The first kappa shape index (κ1) is 33.6. The number of amides is 3. The van der Waals surface area contributed by atoms with Crippen LogP contribution >= 0.6 is 23.2 Å². The Balaban J connectivity index is 1.10. The summed E-state index contributed by atoms with van der Waals surface area (Å²) in [5.74, 6) is 1.37. The lowest BCUT2D eigenvalue weighted by molar-refractivity contribution is -0.125. The fourth-order valence-corrected chi connectivity index (χ4v) is 8.84. The fourth-order valence-electron chi connectivity index (χ4n) is 8.24. The molecular weight excluding hydrogens is 691 g/mol. The number of hydrogen-bond acceptors (Lipinski definition) is 9. The molecular formula is C37H38Cl2N8O4. The van der Waals surface area contributed by atoms with Gasteiger partial charge in [-0.05, 0) is 49.8 Å². The number of carbonyl (C=O) groups excluding carboxylic acids is 2. The molecule has 3 N–H and O–H groups in total. The molecule has 2 fully saturated rings. The number of benzene rings is 2. The van der Waals surface area contributed by atoms with Gasteiger partial charge in [0.2, 0.25) is 11.8 Å². The molecule has 0 bridgehead atoms. The van der Waals surface area contributed by atoms with E-state index in [1.54, 1.807) is 20.2 Å². The molecule has 2 aromatic carbocycles. The Morgan fingerprint density at radius 2 is 1.76 bits per heavy atom. The van der Waals surface area contributed by atoms with Crippen LogP contribution in [0.1, 0.15) is 61.1 Å². The number of nitrogens with zero attached hydrogens (tertiary/aromatic N) is 6. The molecule has 5 heterocycles. The second kappa shape index (κ2) is 12.9. The number of pyridine rings is 1. The lowest BCUT2D eigenvalue weighted by atomic mass is 9.88. The number of carbonyl (C=O) groups is 2. The van der Waals surface area contributed by atoms with Crippen LogP contribution in [0.4, 0.5) is 22.1 Å². The van der Waals surface area contributed by atoms with Crippen molar-refractivity contribution in [1.29, 1.82) is 0 Å². The average Bonchev–Trinajstić information content (AvgIpc) is 3.74. The van der Waals surface area contributed by atoms with E-state index >= 15 is 0 Å². The van der Waals surface area contributed by atoms with Crippen LogP contribution in [0.5, 0.6) is 5.88 Å². The van der Waals surface area contributed by atoms with Gasteiger partial charge in [-0.15, -0.1) is 0 Å². The summed E-state index contributed by atoms with van der Waals surface area (Å²) in [5, 5.41) is 18.4. The van der Waals surface area contributed by atoms with Crippen LogP contribution in [0.25, 0.3) is 22.4 Å². The molecule has 1 spiro atoms. The number of fused-ring (bicyclic) bond motifs is 2. The minimum Gasteiger partial charge on any atom is -0.481 e. The predicted octanol–water partition coefficient (Wildman–Crippen LogP) is 6.49. The first-order chi connectivity index (χ1) is 24.6. The Hall–Kier alpha value is -4.49. The Morgan fingerprint density at radius 3 is 2.55 bits per heavy atom. The van der Waals surface area contributed by atoms with Crippen molar-refractivity contribution in [2.24, 2.45) is 0 Å². The summed E-state index contributed by atoms with van der Waals surface area (Å²) in [5.41, 5.74) is 5.93. The van der Waals surface area contributed by atoms with Crippen LogP contribution in [0.3, 0.4) is 0 Å². The van der Waals surface area contributed by atoms with Crippen molar-refractivity contribution < 1.29 is 19.4 Å². The number of aliphatic hydroxyl groups excluding tert-OH is 1. The molecule has 0 saturated carbocycles. The van der Waals surface area contributed by atoms with Crippen molar-refractivity contribution in [3.63, 3.8) is 0 Å². The van der Waals surface area contributed by atoms with Gasteiger partial charge in [0.05, 0.1) is 39.6 Å². The first-order valence-corrected chi connectivity index (χ1v) is 17.9. The summed E-state index contributed by atoms with van der Waals surface area (Å²) in [6, 6.07) is 13.3. The van der Waals surface area contributed by atoms with Gasteiger partial charge in [0.15, 0.2) is 6.23 Å². The summed E-state index contributed by atoms with van der Waals surface area (Å²) in [6.07, 6.45) is 5.46. The SMILES string of the molecule is COc1nc(-c2cccc(-c3cccc(Nc4ncnc5c4C(O)N(C)C(=O)N5C)c3Cl)c2Cl)cc2c1C(N1CCC3(CCCC(=O)N3)C1)CC2. The zero-order valence-corrected chi connectivity index (χ0v) is 30.1. The molecule has 12 nitrogen and oxygen atoms in total. The number of aliphatic hydroxyl groups is 1. The van der Waals surface area contributed by atoms with Crippen LogP contribution in [0.15, 0.2) is 48.8 Å². The van der Waals surface area contributed by atoms with Crippen LogP contribution in [-0.2, 0) is 11.2 Å². The molecule has 2 saturated heterocycles. The number of aromatic nitrogens is 3. The Bertz CT molecular complexity index is 2080. The largest absolute Gasteiger partial charge is 0.481 e. The maximum Gasteiger partial charge on any atom is 0.327 e. The normalized spacial score (nSPS) is 23.0. The van der Waals surface area contributed by atoms with Crippen molar-refractivity contribution in [3.05, 3.63) is 75.5 Å². The van der Waals surface area contributed by atoms with Gasteiger partial charge >= 0.3 is 6.03 Å². The van der Waals surface area contributed by atoms with E-state index in [-0.39, 0.29) is 23.5 Å². The molecule has 3 atom stereocenters. The number of halogens is 2. The Kier molecular flexibility index (Phi) is 8.53. The lowest BCUT2D eigenvalue weighted by Crippen LogP contribution is -2.53. The van der Waals surface area contributed by atoms with E-state index in [9.17, 15) is 14.7 Å². The molecule has 0 radical (unpaired) electrons. The van der Waals surface area contributed by atoms with E-state index in [2.05, 4.69) is 31.6 Å². The summed E-state index contributed by atoms with van der Waals surface area (Å²) in [6.45, 7) is 1.76. The van der Waals surface area contributed by atoms with Gasteiger partial charge in [0, 0.05) is 61.9 Å². The average molecular weight is 730 g/mol. The van der Waals surface area contributed by atoms with Crippen molar-refractivity contribution in [3.8, 4) is 28.3 Å². The third kappa shape index (κ3) is 5.65. The molecule has 3 unspecified atom stereocenters. The summed E-state index contributed by atoms with van der Waals surface area (Å²) in [7, 11) is 4.76. The molecule has 3 amide bonds. The van der Waals surface area contributed by atoms with Gasteiger partial charge in [0.25, 0.3) is 0 Å². The van der Waals surface area contributed by atoms with Crippen LogP contribution in [0.2, 0.25) is 10.0 Å². The molecule has 14 heteroatoms. The number of piperidine rings is 1. The van der Waals surface area contributed by atoms with Gasteiger partial charge < -0.3 is 20.5 Å². The van der Waals surface area contributed by atoms with Crippen molar-refractivity contribution >= 4 is 52.5 Å². The minimum atomic E-state index is -1.25. The third-order valence-electron chi connectivity index (χ3n) is 10.8. The monoisotopic (exact) mass is 728 g/mol. The number of rotatable bonds is 6. The number of ether oxygens (including phenoxy) is 1. The number of methoxy groups -OCH3 is 1. The molecule has 4 aliphatic rings. The number of aryl methyl sites for hydroxylation is 1. The van der Waals surface area contributed by atoms with Gasteiger partial charge in [-0.25, -0.2) is 19.7 Å². The number of hydrogen-bond donors (Lipinski definition) is 3. The number of nitrogens with one attached hydrogen (secondary N) is 2. The molecule has 4 aromatic rings. The van der Waals surface area contributed by atoms with E-state index in [1.165, 1.54) is 28.7 Å². The quantitative estimate of drug-likeness (QED) is 0.204. The molecule has 51 heavy (non-hydrogen) atoms. The van der Waals surface area contributed by atoms with Crippen molar-refractivity contribution in [2.75, 3.05) is 44.5 Å². The lowest BCUT2D eigenvalue weighted by Gasteiger charge is -2.36. The Labute approximate surface area is 305 Å². The standard InChI is InChI=1S/C37H38Cl2N8O4/c1-45-33-29(35(49)46(2)36(45)50)32(40-19-41-33)42-24-10-5-8-22(31(24)39)21-7-4-9-23(30(21)38)25-17-20-12-13-26(28(20)34(43-25)51-3)47-16-15-37(18-47)14-6-11-27(48)44-37/h4-5,7-10,17,19,26,35,49H,6,11-16,18H2,1-3H3,(H,44,48)(H,40,41,42). The number of likely N-dealkylation sites (tertiary alicyclic amines) is 1. The minimum absolute atomic E-state index is 0.135. The van der Waals surface area contributed by atoms with Crippen molar-refractivity contribution in [1.82, 2.24) is 30.1 Å². The molecule has 3 aliphatic heterocycles. The summed E-state index contributed by atoms with van der Waals surface area (Å²) >= 11 is 14.3. The van der Waals surface area contributed by atoms with Gasteiger partial charge in [0.1, 0.15) is 18.0 Å². The third-order valence-corrected chi connectivity index (χ3v) is 11.6. The zero-order chi connectivity index (χ0) is 35.6. The zero-order valence-electron chi connectivity index (χ0n) is 28.5. The number of urea groups is 1. The van der Waals surface area contributed by atoms with Gasteiger partial charge in [-0.1, -0.05) is 53.5 Å². The van der Waals surface area contributed by atoms with Crippen LogP contribution in [0, 0.1) is 0 Å². The maximum absolute atomic E-state index is 12.6. The molecule has 8 rings (SSSR count). The van der Waals surface area contributed by atoms with E-state index in [4.69, 9.17) is 32.9 Å². The summed E-state index contributed by atoms with van der Waals surface area (Å²) < 4.78 is 5.94. The predicted molar refractivity (Wildman–Crippen MR) is 195 cm³/mol. The first-order valence-electron chi connectivity index (χ1n) is 17.1. The van der Waals surface area contributed by atoms with E-state index in [0.29, 0.717) is 62.1 Å². The topological polar surface area (TPSA) is 136 Å². The smallest absolute Gasteiger partial charge is 0.327 e. The Morgan fingerprint density at radius 1 is 1.00 bits per heavy atom. The highest BCUT2D eigenvalue weighted by Gasteiger charge is 2.45. The van der Waals surface area contributed by atoms with E-state index in [1.807, 2.05) is 30.3 Å².